The summed E-state index contributed by atoms with van der Waals surface area (Å²) in [4.78, 5) is 11.4. The molecule has 0 aliphatic heterocycles. The first-order chi connectivity index (χ1) is 8.58. The summed E-state index contributed by atoms with van der Waals surface area (Å²) in [6.45, 7) is 6.37. The Morgan fingerprint density at radius 1 is 1.56 bits per heavy atom. The lowest BCUT2D eigenvalue weighted by molar-refractivity contribution is -0.120. The maximum Gasteiger partial charge on any atom is 0.234 e. The predicted molar refractivity (Wildman–Crippen MR) is 69.1 cm³/mol. The van der Waals surface area contributed by atoms with Crippen LogP contribution in [0.3, 0.4) is 0 Å². The Kier molecular flexibility index (Phi) is 5.19. The zero-order chi connectivity index (χ0) is 13.5. The van der Waals surface area contributed by atoms with Gasteiger partial charge in [0.15, 0.2) is 0 Å². The summed E-state index contributed by atoms with van der Waals surface area (Å²) in [6.07, 6.45) is -0.125. The van der Waals surface area contributed by atoms with Gasteiger partial charge in [0, 0.05) is 5.56 Å². The van der Waals surface area contributed by atoms with Gasteiger partial charge in [0.05, 0.1) is 18.7 Å². The minimum atomic E-state index is -0.269. The number of benzene rings is 1. The van der Waals surface area contributed by atoms with Gasteiger partial charge in [-0.15, -0.1) is 0 Å². The van der Waals surface area contributed by atoms with Crippen LogP contribution in [-0.4, -0.2) is 12.5 Å². The van der Waals surface area contributed by atoms with E-state index < -0.39 is 0 Å². The molecule has 0 aliphatic carbocycles. The number of hydrogen-bond acceptors (Lipinski definition) is 3. The lowest BCUT2D eigenvalue weighted by atomic mass is 10.0. The highest BCUT2D eigenvalue weighted by atomic mass is 16.5. The lowest BCUT2D eigenvalue weighted by Crippen LogP contribution is -2.26. The van der Waals surface area contributed by atoms with E-state index in [0.717, 1.165) is 16.9 Å². The van der Waals surface area contributed by atoms with Crippen LogP contribution in [0.4, 0.5) is 0 Å². The SMILES string of the molecule is CCOc1ccc(C)cc1C(C)NC(=O)CC#N. The van der Waals surface area contributed by atoms with Gasteiger partial charge >= 0.3 is 0 Å². The number of amides is 1. The van der Waals surface area contributed by atoms with Gasteiger partial charge in [0.25, 0.3) is 0 Å². The summed E-state index contributed by atoms with van der Waals surface area (Å²) in [5.74, 6) is 0.502. The van der Waals surface area contributed by atoms with E-state index in [2.05, 4.69) is 5.32 Å². The van der Waals surface area contributed by atoms with E-state index in [4.69, 9.17) is 10.00 Å². The molecule has 4 heteroatoms. The molecule has 1 aromatic rings. The van der Waals surface area contributed by atoms with Gasteiger partial charge in [-0.3, -0.25) is 4.79 Å². The third-order valence-electron chi connectivity index (χ3n) is 2.55. The van der Waals surface area contributed by atoms with E-state index in [9.17, 15) is 4.79 Å². The molecule has 1 aromatic carbocycles. The van der Waals surface area contributed by atoms with E-state index in [1.807, 2.05) is 45.0 Å². The van der Waals surface area contributed by atoms with Crippen LogP contribution in [0.1, 0.15) is 37.4 Å². The van der Waals surface area contributed by atoms with E-state index in [-0.39, 0.29) is 18.4 Å². The molecule has 4 nitrogen and oxygen atoms in total. The molecule has 0 fully saturated rings. The van der Waals surface area contributed by atoms with Crippen molar-refractivity contribution in [2.24, 2.45) is 0 Å². The van der Waals surface area contributed by atoms with Gasteiger partial charge in [-0.25, -0.2) is 0 Å². The molecule has 1 amide bonds. The summed E-state index contributed by atoms with van der Waals surface area (Å²) < 4.78 is 5.54. The molecule has 0 aliphatic rings. The van der Waals surface area contributed by atoms with Crippen LogP contribution in [-0.2, 0) is 4.79 Å². The summed E-state index contributed by atoms with van der Waals surface area (Å²) >= 11 is 0. The van der Waals surface area contributed by atoms with E-state index >= 15 is 0 Å². The number of ether oxygens (including phenoxy) is 1. The van der Waals surface area contributed by atoms with Gasteiger partial charge in [-0.1, -0.05) is 17.7 Å². The highest BCUT2D eigenvalue weighted by Crippen LogP contribution is 2.26. The first-order valence-corrected chi connectivity index (χ1v) is 5.98. The van der Waals surface area contributed by atoms with Crippen molar-refractivity contribution in [3.05, 3.63) is 29.3 Å². The topological polar surface area (TPSA) is 62.1 Å². The van der Waals surface area contributed by atoms with Gasteiger partial charge in [-0.05, 0) is 26.8 Å². The van der Waals surface area contributed by atoms with Crippen molar-refractivity contribution >= 4 is 5.91 Å². The number of carbonyl (C=O) groups excluding carboxylic acids is 1. The Bertz CT molecular complexity index is 463. The van der Waals surface area contributed by atoms with Crippen molar-refractivity contribution in [1.29, 1.82) is 5.26 Å². The molecule has 96 valence electrons. The van der Waals surface area contributed by atoms with Crippen LogP contribution in [0.15, 0.2) is 18.2 Å². The highest BCUT2D eigenvalue weighted by molar-refractivity contribution is 5.78. The minimum Gasteiger partial charge on any atom is -0.494 e. The van der Waals surface area contributed by atoms with E-state index in [0.29, 0.717) is 6.61 Å². The molecule has 0 spiro atoms. The summed E-state index contributed by atoms with van der Waals surface area (Å²) in [7, 11) is 0. The number of nitrogens with zero attached hydrogens (tertiary/aromatic N) is 1. The molecule has 1 N–H and O–H groups in total. The van der Waals surface area contributed by atoms with Crippen molar-refractivity contribution in [3.8, 4) is 11.8 Å². The number of hydrogen-bond donors (Lipinski definition) is 1. The van der Waals surface area contributed by atoms with Crippen molar-refractivity contribution in [2.75, 3.05) is 6.61 Å². The zero-order valence-electron chi connectivity index (χ0n) is 11.0. The van der Waals surface area contributed by atoms with Crippen molar-refractivity contribution in [1.82, 2.24) is 5.32 Å². The van der Waals surface area contributed by atoms with Crippen LogP contribution >= 0.6 is 0 Å². The standard InChI is InChI=1S/C14H18N2O2/c1-4-18-13-6-5-10(2)9-12(13)11(3)16-14(17)7-8-15/h5-6,9,11H,4,7H2,1-3H3,(H,16,17). The quantitative estimate of drug-likeness (QED) is 0.868. The average molecular weight is 246 g/mol. The van der Waals surface area contributed by atoms with Gasteiger partial charge in [-0.2, -0.15) is 5.26 Å². The van der Waals surface area contributed by atoms with Gasteiger partial charge < -0.3 is 10.1 Å². The maximum absolute atomic E-state index is 11.4. The first kappa shape index (κ1) is 14.0. The Balaban J connectivity index is 2.89. The Hall–Kier alpha value is -2.02. The number of nitrogens with one attached hydrogen (secondary N) is 1. The maximum atomic E-state index is 11.4. The van der Waals surface area contributed by atoms with E-state index in [1.54, 1.807) is 0 Å². The lowest BCUT2D eigenvalue weighted by Gasteiger charge is -2.18. The second-order valence-electron chi connectivity index (χ2n) is 4.10. The Labute approximate surface area is 108 Å². The molecular formula is C14H18N2O2. The Morgan fingerprint density at radius 2 is 2.28 bits per heavy atom. The van der Waals surface area contributed by atoms with Crippen LogP contribution in [0, 0.1) is 18.3 Å². The molecule has 18 heavy (non-hydrogen) atoms. The summed E-state index contributed by atoms with van der Waals surface area (Å²) in [5, 5.41) is 11.2. The Morgan fingerprint density at radius 3 is 2.89 bits per heavy atom. The molecule has 0 heterocycles. The molecule has 1 atom stereocenters. The third kappa shape index (κ3) is 3.77. The highest BCUT2D eigenvalue weighted by Gasteiger charge is 2.14. The molecule has 0 saturated carbocycles. The van der Waals surface area contributed by atoms with Crippen LogP contribution in [0.2, 0.25) is 0 Å². The molecule has 1 rings (SSSR count). The number of aryl methyl sites for hydroxylation is 1. The monoisotopic (exact) mass is 246 g/mol. The normalized spacial score (nSPS) is 11.4. The number of rotatable bonds is 5. The van der Waals surface area contributed by atoms with Crippen molar-refractivity contribution < 1.29 is 9.53 Å². The summed E-state index contributed by atoms with van der Waals surface area (Å²) in [5.41, 5.74) is 2.04. The molecule has 0 saturated heterocycles. The predicted octanol–water partition coefficient (Wildman–Crippen LogP) is 2.48. The van der Waals surface area contributed by atoms with Crippen LogP contribution in [0.25, 0.3) is 0 Å². The second-order valence-corrected chi connectivity index (χ2v) is 4.10. The number of nitriles is 1. The van der Waals surface area contributed by atoms with Gasteiger partial charge in [0.2, 0.25) is 5.91 Å². The smallest absolute Gasteiger partial charge is 0.234 e. The molecule has 0 bridgehead atoms. The molecule has 0 aromatic heterocycles. The van der Waals surface area contributed by atoms with Crippen LogP contribution < -0.4 is 10.1 Å². The van der Waals surface area contributed by atoms with E-state index in [1.165, 1.54) is 0 Å². The van der Waals surface area contributed by atoms with Crippen molar-refractivity contribution in [3.63, 3.8) is 0 Å². The third-order valence-corrected chi connectivity index (χ3v) is 2.55. The second kappa shape index (κ2) is 6.65. The van der Waals surface area contributed by atoms with Gasteiger partial charge in [0.1, 0.15) is 12.2 Å². The largest absolute Gasteiger partial charge is 0.494 e. The van der Waals surface area contributed by atoms with Crippen molar-refractivity contribution in [2.45, 2.75) is 33.2 Å². The molecular weight excluding hydrogens is 228 g/mol. The minimum absolute atomic E-state index is 0.125. The molecule has 0 radical (unpaired) electrons. The fraction of sp³-hybridized carbons (Fsp3) is 0.429. The first-order valence-electron chi connectivity index (χ1n) is 5.98. The zero-order valence-corrected chi connectivity index (χ0v) is 11.0. The fourth-order valence-electron chi connectivity index (χ4n) is 1.74. The number of carbonyl (C=O) groups is 1. The fourth-order valence-corrected chi connectivity index (χ4v) is 1.74. The summed E-state index contributed by atoms with van der Waals surface area (Å²) in [6, 6.07) is 7.52. The average Bonchev–Trinajstić information content (AvgIpc) is 2.32. The van der Waals surface area contributed by atoms with Crippen LogP contribution in [0.5, 0.6) is 5.75 Å². The molecule has 1 unspecified atom stereocenters.